The molecule has 1 aliphatic rings. The van der Waals surface area contributed by atoms with Gasteiger partial charge in [-0.3, -0.25) is 4.79 Å². The van der Waals surface area contributed by atoms with Crippen LogP contribution in [-0.4, -0.2) is 48.4 Å². The van der Waals surface area contributed by atoms with Crippen molar-refractivity contribution in [1.29, 1.82) is 0 Å². The van der Waals surface area contributed by atoms with Crippen molar-refractivity contribution >= 4 is 48.9 Å². The Labute approximate surface area is 136 Å². The van der Waals surface area contributed by atoms with Gasteiger partial charge in [-0.15, -0.1) is 11.3 Å². The molecule has 112 valence electrons. The van der Waals surface area contributed by atoms with Gasteiger partial charge in [0, 0.05) is 40.2 Å². The summed E-state index contributed by atoms with van der Waals surface area (Å²) in [5.74, 6) is 0.0606. The molecule has 1 unspecified atom stereocenters. The summed E-state index contributed by atoms with van der Waals surface area (Å²) in [6.45, 7) is 4.66. The van der Waals surface area contributed by atoms with Gasteiger partial charge in [-0.1, -0.05) is 22.0 Å². The molecule has 1 saturated heterocycles. The molecule has 0 aliphatic carbocycles. The zero-order valence-corrected chi connectivity index (χ0v) is 14.5. The first kappa shape index (κ1) is 14.8. The number of rotatable bonds is 1. The van der Waals surface area contributed by atoms with E-state index in [1.54, 1.807) is 0 Å². The summed E-state index contributed by atoms with van der Waals surface area (Å²) >= 11 is 4.94. The summed E-state index contributed by atoms with van der Waals surface area (Å²) in [4.78, 5) is 17.7. The van der Waals surface area contributed by atoms with Crippen LogP contribution in [-0.2, 0) is 0 Å². The number of likely N-dealkylation sites (N-methyl/N-ethyl adjacent to an activating group) is 1. The van der Waals surface area contributed by atoms with E-state index in [0.717, 1.165) is 34.2 Å². The van der Waals surface area contributed by atoms with Crippen molar-refractivity contribution in [3.8, 4) is 0 Å². The average molecular weight is 368 g/mol. The lowest BCUT2D eigenvalue weighted by atomic mass is 10.1. The highest BCUT2D eigenvalue weighted by Gasteiger charge is 2.29. The predicted octanol–water partition coefficient (Wildman–Crippen LogP) is 3.02. The third-order valence-electron chi connectivity index (χ3n) is 3.98. The molecule has 0 bridgehead atoms. The molecule has 1 fully saturated rings. The second kappa shape index (κ2) is 5.59. The maximum absolute atomic E-state index is 12.8. The van der Waals surface area contributed by atoms with Gasteiger partial charge in [0.05, 0.1) is 5.69 Å². The number of benzene rings is 1. The fraction of sp³-hybridized carbons (Fsp3) is 0.400. The Balaban J connectivity index is 1.96. The Morgan fingerprint density at radius 1 is 1.43 bits per heavy atom. The monoisotopic (exact) mass is 367 g/mol. The Bertz CT molecular complexity index is 700. The molecule has 1 aliphatic heterocycles. The van der Waals surface area contributed by atoms with Gasteiger partial charge in [-0.25, -0.2) is 0 Å². The van der Waals surface area contributed by atoms with Crippen LogP contribution >= 0.6 is 27.3 Å². The molecule has 21 heavy (non-hydrogen) atoms. The molecule has 1 aromatic heterocycles. The quantitative estimate of drug-likeness (QED) is 0.842. The average Bonchev–Trinajstić information content (AvgIpc) is 2.75. The van der Waals surface area contributed by atoms with Crippen molar-refractivity contribution in [2.45, 2.75) is 13.0 Å². The zero-order valence-electron chi connectivity index (χ0n) is 12.1. The van der Waals surface area contributed by atoms with Crippen LogP contribution in [0.1, 0.15) is 16.6 Å². The molecule has 2 heterocycles. The van der Waals surface area contributed by atoms with Crippen LogP contribution in [0.2, 0.25) is 0 Å². The number of nitrogen functional groups attached to an aromatic ring is 1. The molecular weight excluding hydrogens is 350 g/mol. The number of nitrogens with two attached hydrogens (primary N) is 1. The number of halogens is 1. The first-order chi connectivity index (χ1) is 9.97. The van der Waals surface area contributed by atoms with Crippen molar-refractivity contribution in [2.75, 3.05) is 32.4 Å². The number of piperazine rings is 1. The molecule has 0 saturated carbocycles. The van der Waals surface area contributed by atoms with Crippen LogP contribution < -0.4 is 5.73 Å². The predicted molar refractivity (Wildman–Crippen MR) is 91.9 cm³/mol. The normalized spacial score (nSPS) is 20.1. The van der Waals surface area contributed by atoms with E-state index in [-0.39, 0.29) is 11.9 Å². The van der Waals surface area contributed by atoms with Crippen LogP contribution in [0.25, 0.3) is 10.1 Å². The summed E-state index contributed by atoms with van der Waals surface area (Å²) in [6, 6.07) is 6.15. The van der Waals surface area contributed by atoms with Crippen molar-refractivity contribution in [2.24, 2.45) is 0 Å². The van der Waals surface area contributed by atoms with Gasteiger partial charge in [0.1, 0.15) is 4.88 Å². The second-order valence-corrected chi connectivity index (χ2v) is 7.56. The highest BCUT2D eigenvalue weighted by molar-refractivity contribution is 9.10. The standard InChI is InChI=1S/C15H18BrN3OS/c1-9-8-18(2)5-6-19(9)15(20)14-13(17)11-4-3-10(16)7-12(11)21-14/h3-4,7,9H,5-6,8,17H2,1-2H3. The van der Waals surface area contributed by atoms with Gasteiger partial charge in [-0.05, 0) is 26.1 Å². The summed E-state index contributed by atoms with van der Waals surface area (Å²) in [5, 5.41) is 0.966. The lowest BCUT2D eigenvalue weighted by molar-refractivity contribution is 0.0539. The summed E-state index contributed by atoms with van der Waals surface area (Å²) in [5.41, 5.74) is 6.82. The lowest BCUT2D eigenvalue weighted by Crippen LogP contribution is -2.52. The van der Waals surface area contributed by atoms with Gasteiger partial charge >= 0.3 is 0 Å². The highest BCUT2D eigenvalue weighted by Crippen LogP contribution is 2.36. The van der Waals surface area contributed by atoms with Gasteiger partial charge in [0.2, 0.25) is 0 Å². The molecule has 0 spiro atoms. The number of nitrogens with zero attached hydrogens (tertiary/aromatic N) is 2. The van der Waals surface area contributed by atoms with E-state index in [1.807, 2.05) is 23.1 Å². The Morgan fingerprint density at radius 3 is 2.90 bits per heavy atom. The maximum Gasteiger partial charge on any atom is 0.266 e. The highest BCUT2D eigenvalue weighted by atomic mass is 79.9. The topological polar surface area (TPSA) is 49.6 Å². The number of fused-ring (bicyclic) bond motifs is 1. The third kappa shape index (κ3) is 2.67. The third-order valence-corrected chi connectivity index (χ3v) is 5.63. The molecule has 2 aromatic rings. The Morgan fingerprint density at radius 2 is 2.19 bits per heavy atom. The van der Waals surface area contributed by atoms with E-state index < -0.39 is 0 Å². The van der Waals surface area contributed by atoms with Crippen LogP contribution in [0.5, 0.6) is 0 Å². The summed E-state index contributed by atoms with van der Waals surface area (Å²) in [6.07, 6.45) is 0. The van der Waals surface area contributed by atoms with Crippen LogP contribution in [0, 0.1) is 0 Å². The molecular formula is C15H18BrN3OS. The number of anilines is 1. The molecule has 4 nitrogen and oxygen atoms in total. The maximum atomic E-state index is 12.8. The van der Waals surface area contributed by atoms with Gasteiger partial charge < -0.3 is 15.5 Å². The minimum atomic E-state index is 0.0606. The lowest BCUT2D eigenvalue weighted by Gasteiger charge is -2.38. The van der Waals surface area contributed by atoms with Crippen molar-refractivity contribution in [3.63, 3.8) is 0 Å². The van der Waals surface area contributed by atoms with Crippen LogP contribution in [0.3, 0.4) is 0 Å². The largest absolute Gasteiger partial charge is 0.397 e. The molecule has 0 radical (unpaired) electrons. The minimum absolute atomic E-state index is 0.0606. The van der Waals surface area contributed by atoms with E-state index in [2.05, 4.69) is 34.8 Å². The van der Waals surface area contributed by atoms with Crippen molar-refractivity contribution in [3.05, 3.63) is 27.5 Å². The fourth-order valence-electron chi connectivity index (χ4n) is 2.82. The van der Waals surface area contributed by atoms with E-state index in [0.29, 0.717) is 10.6 Å². The second-order valence-electron chi connectivity index (χ2n) is 5.60. The van der Waals surface area contributed by atoms with Gasteiger partial charge in [-0.2, -0.15) is 0 Å². The fourth-order valence-corrected chi connectivity index (χ4v) is 4.45. The van der Waals surface area contributed by atoms with Gasteiger partial charge in [0.25, 0.3) is 5.91 Å². The van der Waals surface area contributed by atoms with Crippen molar-refractivity contribution in [1.82, 2.24) is 9.80 Å². The van der Waals surface area contributed by atoms with E-state index in [1.165, 1.54) is 11.3 Å². The zero-order chi connectivity index (χ0) is 15.1. The molecule has 1 atom stereocenters. The Kier molecular flexibility index (Phi) is 3.94. The minimum Gasteiger partial charge on any atom is -0.397 e. The number of carbonyl (C=O) groups is 1. The molecule has 1 aromatic carbocycles. The molecule has 3 rings (SSSR count). The molecule has 6 heteroatoms. The molecule has 2 N–H and O–H groups in total. The summed E-state index contributed by atoms with van der Waals surface area (Å²) < 4.78 is 2.05. The van der Waals surface area contributed by atoms with E-state index >= 15 is 0 Å². The molecule has 1 amide bonds. The smallest absolute Gasteiger partial charge is 0.266 e. The number of carbonyl (C=O) groups excluding carboxylic acids is 1. The van der Waals surface area contributed by atoms with Gasteiger partial charge in [0.15, 0.2) is 0 Å². The van der Waals surface area contributed by atoms with E-state index in [9.17, 15) is 4.79 Å². The number of hydrogen-bond acceptors (Lipinski definition) is 4. The summed E-state index contributed by atoms with van der Waals surface area (Å²) in [7, 11) is 2.09. The number of hydrogen-bond donors (Lipinski definition) is 1. The van der Waals surface area contributed by atoms with E-state index in [4.69, 9.17) is 5.73 Å². The van der Waals surface area contributed by atoms with Crippen LogP contribution in [0.15, 0.2) is 22.7 Å². The Hall–Kier alpha value is -1.11. The van der Waals surface area contributed by atoms with Crippen molar-refractivity contribution < 1.29 is 4.79 Å². The first-order valence-electron chi connectivity index (χ1n) is 6.94. The first-order valence-corrected chi connectivity index (χ1v) is 8.55. The number of amides is 1. The van der Waals surface area contributed by atoms with Crippen LogP contribution in [0.4, 0.5) is 5.69 Å². The number of thiophene rings is 1. The SMILES string of the molecule is CC1CN(C)CCN1C(=O)c1sc2cc(Br)ccc2c1N.